The maximum Gasteiger partial charge on any atom is 0.335 e. The molecule has 1 aromatic heterocycles. The Labute approximate surface area is 144 Å². The number of hydrogen-bond acceptors (Lipinski definition) is 4. The number of nitrogens with zero attached hydrogens (tertiary/aromatic N) is 2. The largest absolute Gasteiger partial charge is 0.478 e. The van der Waals surface area contributed by atoms with E-state index in [1.165, 1.54) is 4.88 Å². The summed E-state index contributed by atoms with van der Waals surface area (Å²) in [6.45, 7) is 5.80. The first-order valence-corrected chi connectivity index (χ1v) is 8.81. The predicted octanol–water partition coefficient (Wildman–Crippen LogP) is 3.42. The summed E-state index contributed by atoms with van der Waals surface area (Å²) in [6.07, 6.45) is 0. The maximum absolute atomic E-state index is 11.0. The van der Waals surface area contributed by atoms with E-state index in [0.29, 0.717) is 5.56 Å². The van der Waals surface area contributed by atoms with Crippen molar-refractivity contribution in [2.75, 3.05) is 26.2 Å². The standard InChI is InChI=1S/C17H19ClN2O2S/c18-16-5-4-15(23-16)12-20-8-6-19(7-9-20)11-13-2-1-3-14(10-13)17(21)22/h1-5,10H,6-9,11-12H2,(H,21,22). The van der Waals surface area contributed by atoms with Gasteiger partial charge in [0.05, 0.1) is 9.90 Å². The van der Waals surface area contributed by atoms with Gasteiger partial charge < -0.3 is 5.11 Å². The Morgan fingerprint density at radius 3 is 2.39 bits per heavy atom. The van der Waals surface area contributed by atoms with Crippen molar-refractivity contribution in [2.45, 2.75) is 13.1 Å². The molecule has 122 valence electrons. The van der Waals surface area contributed by atoms with Crippen molar-refractivity contribution >= 4 is 28.9 Å². The molecule has 1 N–H and O–H groups in total. The second-order valence-corrected chi connectivity index (χ2v) is 7.56. The van der Waals surface area contributed by atoms with Gasteiger partial charge in [-0.25, -0.2) is 4.79 Å². The number of benzene rings is 1. The van der Waals surface area contributed by atoms with Gasteiger partial charge in [-0.1, -0.05) is 23.7 Å². The zero-order chi connectivity index (χ0) is 16.2. The van der Waals surface area contributed by atoms with Crippen molar-refractivity contribution in [1.29, 1.82) is 0 Å². The van der Waals surface area contributed by atoms with E-state index in [0.717, 1.165) is 49.2 Å². The number of halogens is 1. The predicted molar refractivity (Wildman–Crippen MR) is 93.3 cm³/mol. The van der Waals surface area contributed by atoms with Crippen LogP contribution >= 0.6 is 22.9 Å². The van der Waals surface area contributed by atoms with Crippen LogP contribution in [0, 0.1) is 0 Å². The molecular formula is C17H19ClN2O2S. The lowest BCUT2D eigenvalue weighted by Gasteiger charge is -2.34. The summed E-state index contributed by atoms with van der Waals surface area (Å²) in [7, 11) is 0. The second-order valence-electron chi connectivity index (χ2n) is 5.76. The van der Waals surface area contributed by atoms with Gasteiger partial charge in [0.2, 0.25) is 0 Å². The summed E-state index contributed by atoms with van der Waals surface area (Å²) < 4.78 is 0.844. The van der Waals surface area contributed by atoms with E-state index in [1.54, 1.807) is 23.5 Å². The minimum absolute atomic E-state index is 0.357. The van der Waals surface area contributed by atoms with Gasteiger partial charge in [0.1, 0.15) is 0 Å². The Hall–Kier alpha value is -1.40. The molecule has 0 unspecified atom stereocenters. The first-order valence-electron chi connectivity index (χ1n) is 7.61. The van der Waals surface area contributed by atoms with Crippen LogP contribution < -0.4 is 0 Å². The van der Waals surface area contributed by atoms with Crippen LogP contribution in [0.3, 0.4) is 0 Å². The van der Waals surface area contributed by atoms with E-state index in [9.17, 15) is 4.79 Å². The van der Waals surface area contributed by atoms with Crippen LogP contribution in [-0.4, -0.2) is 47.1 Å². The van der Waals surface area contributed by atoms with Crippen LogP contribution in [-0.2, 0) is 13.1 Å². The highest BCUT2D eigenvalue weighted by Crippen LogP contribution is 2.23. The molecule has 2 aromatic rings. The van der Waals surface area contributed by atoms with E-state index in [4.69, 9.17) is 16.7 Å². The summed E-state index contributed by atoms with van der Waals surface area (Å²) in [5.41, 5.74) is 1.42. The van der Waals surface area contributed by atoms with Crippen molar-refractivity contribution in [3.05, 3.63) is 56.7 Å². The number of carboxylic acids is 1. The normalized spacial score (nSPS) is 16.6. The van der Waals surface area contributed by atoms with Gasteiger partial charge in [0, 0.05) is 44.1 Å². The van der Waals surface area contributed by atoms with Gasteiger partial charge in [-0.05, 0) is 29.8 Å². The lowest BCUT2D eigenvalue weighted by molar-refractivity contribution is 0.0696. The molecule has 0 atom stereocenters. The van der Waals surface area contributed by atoms with E-state index in [2.05, 4.69) is 15.9 Å². The van der Waals surface area contributed by atoms with Gasteiger partial charge in [0.15, 0.2) is 0 Å². The topological polar surface area (TPSA) is 43.8 Å². The molecule has 1 aromatic carbocycles. The molecule has 23 heavy (non-hydrogen) atoms. The molecule has 6 heteroatoms. The summed E-state index contributed by atoms with van der Waals surface area (Å²) >= 11 is 7.62. The molecular weight excluding hydrogens is 332 g/mol. The first kappa shape index (κ1) is 16.5. The Morgan fingerprint density at radius 1 is 1.09 bits per heavy atom. The Balaban J connectivity index is 1.51. The molecule has 1 fully saturated rings. The van der Waals surface area contributed by atoms with Gasteiger partial charge >= 0.3 is 5.97 Å². The lowest BCUT2D eigenvalue weighted by Crippen LogP contribution is -2.45. The van der Waals surface area contributed by atoms with Gasteiger partial charge in [-0.2, -0.15) is 0 Å². The van der Waals surface area contributed by atoms with Crippen LogP contribution in [0.15, 0.2) is 36.4 Å². The molecule has 0 spiro atoms. The summed E-state index contributed by atoms with van der Waals surface area (Å²) in [5.74, 6) is -0.869. The van der Waals surface area contributed by atoms with Crippen LogP contribution in [0.2, 0.25) is 4.34 Å². The number of thiophene rings is 1. The minimum Gasteiger partial charge on any atom is -0.478 e. The zero-order valence-electron chi connectivity index (χ0n) is 12.7. The van der Waals surface area contributed by atoms with Crippen molar-refractivity contribution in [1.82, 2.24) is 9.80 Å². The van der Waals surface area contributed by atoms with Crippen LogP contribution in [0.1, 0.15) is 20.8 Å². The fraction of sp³-hybridized carbons (Fsp3) is 0.353. The molecule has 1 saturated heterocycles. The lowest BCUT2D eigenvalue weighted by atomic mass is 10.1. The molecule has 4 nitrogen and oxygen atoms in total. The molecule has 3 rings (SSSR count). The van der Waals surface area contributed by atoms with Crippen molar-refractivity contribution in [2.24, 2.45) is 0 Å². The van der Waals surface area contributed by atoms with Gasteiger partial charge in [0.25, 0.3) is 0 Å². The highest BCUT2D eigenvalue weighted by atomic mass is 35.5. The summed E-state index contributed by atoms with van der Waals surface area (Å²) in [6, 6.07) is 11.3. The average molecular weight is 351 g/mol. The fourth-order valence-corrected chi connectivity index (χ4v) is 3.95. The van der Waals surface area contributed by atoms with E-state index in [1.807, 2.05) is 18.2 Å². The molecule has 1 aliphatic heterocycles. The van der Waals surface area contributed by atoms with E-state index < -0.39 is 5.97 Å². The van der Waals surface area contributed by atoms with Crippen molar-refractivity contribution < 1.29 is 9.90 Å². The number of hydrogen-bond donors (Lipinski definition) is 1. The molecule has 0 amide bonds. The monoisotopic (exact) mass is 350 g/mol. The fourth-order valence-electron chi connectivity index (χ4n) is 2.82. The first-order chi connectivity index (χ1) is 11.1. The van der Waals surface area contributed by atoms with Crippen LogP contribution in [0.25, 0.3) is 0 Å². The number of carboxylic acid groups (broad SMARTS) is 1. The summed E-state index contributed by atoms with van der Waals surface area (Å²) in [4.78, 5) is 17.1. The van der Waals surface area contributed by atoms with Crippen LogP contribution in [0.4, 0.5) is 0 Å². The number of aromatic carboxylic acids is 1. The number of rotatable bonds is 5. The SMILES string of the molecule is O=C(O)c1cccc(CN2CCN(Cc3ccc(Cl)s3)CC2)c1. The minimum atomic E-state index is -0.869. The van der Waals surface area contributed by atoms with Gasteiger partial charge in [-0.3, -0.25) is 9.80 Å². The number of piperazine rings is 1. The van der Waals surface area contributed by atoms with E-state index >= 15 is 0 Å². The molecule has 0 aliphatic carbocycles. The van der Waals surface area contributed by atoms with Gasteiger partial charge in [-0.15, -0.1) is 11.3 Å². The molecule has 0 saturated carbocycles. The third kappa shape index (κ3) is 4.54. The zero-order valence-corrected chi connectivity index (χ0v) is 14.3. The van der Waals surface area contributed by atoms with Crippen molar-refractivity contribution in [3.63, 3.8) is 0 Å². The Bertz CT molecular complexity index is 681. The van der Waals surface area contributed by atoms with Crippen LogP contribution in [0.5, 0.6) is 0 Å². The summed E-state index contributed by atoms with van der Waals surface area (Å²) in [5, 5.41) is 9.06. The highest BCUT2D eigenvalue weighted by Gasteiger charge is 2.18. The maximum atomic E-state index is 11.0. The molecule has 0 radical (unpaired) electrons. The molecule has 0 bridgehead atoms. The molecule has 1 aliphatic rings. The molecule has 2 heterocycles. The quantitative estimate of drug-likeness (QED) is 0.897. The second kappa shape index (κ2) is 7.45. The number of carbonyl (C=O) groups is 1. The highest BCUT2D eigenvalue weighted by molar-refractivity contribution is 7.16. The van der Waals surface area contributed by atoms with Crippen molar-refractivity contribution in [3.8, 4) is 0 Å². The third-order valence-corrected chi connectivity index (χ3v) is 5.27. The average Bonchev–Trinajstić information content (AvgIpc) is 2.94. The Morgan fingerprint density at radius 2 is 1.78 bits per heavy atom. The Kier molecular flexibility index (Phi) is 5.33. The van der Waals surface area contributed by atoms with E-state index in [-0.39, 0.29) is 0 Å². The smallest absolute Gasteiger partial charge is 0.335 e. The third-order valence-electron chi connectivity index (χ3n) is 4.05.